The summed E-state index contributed by atoms with van der Waals surface area (Å²) in [5.41, 5.74) is 4.35. The summed E-state index contributed by atoms with van der Waals surface area (Å²) in [6.45, 7) is 4.88. The molecule has 0 spiro atoms. The maximum Gasteiger partial charge on any atom is 0.194 e. The van der Waals surface area contributed by atoms with Gasteiger partial charge in [-0.15, -0.1) is 11.3 Å². The van der Waals surface area contributed by atoms with Crippen molar-refractivity contribution >= 4 is 22.0 Å². The molecule has 106 valence electrons. The molecular weight excluding hydrogens is 280 g/mol. The summed E-state index contributed by atoms with van der Waals surface area (Å²) >= 11 is 1.71. The summed E-state index contributed by atoms with van der Waals surface area (Å²) < 4.78 is 2.16. The Morgan fingerprint density at radius 2 is 2.05 bits per heavy atom. The molecule has 0 unspecified atom stereocenters. The van der Waals surface area contributed by atoms with Crippen molar-refractivity contribution in [1.82, 2.24) is 9.38 Å². The second kappa shape index (κ2) is 5.58. The predicted octanol–water partition coefficient (Wildman–Crippen LogP) is 3.69. The largest absolute Gasteiger partial charge is 0.379 e. The molecule has 0 aliphatic rings. The summed E-state index contributed by atoms with van der Waals surface area (Å²) in [4.78, 5) is 6.90. The number of imidazole rings is 1. The van der Waals surface area contributed by atoms with Crippen molar-refractivity contribution in [2.75, 3.05) is 5.32 Å². The van der Waals surface area contributed by atoms with Gasteiger partial charge in [0.15, 0.2) is 4.96 Å². The number of anilines is 1. The number of nitrogens with zero attached hydrogens (tertiary/aromatic N) is 3. The van der Waals surface area contributed by atoms with Crippen molar-refractivity contribution in [3.63, 3.8) is 0 Å². The Bertz CT molecular complexity index is 805. The molecule has 0 aliphatic carbocycles. The van der Waals surface area contributed by atoms with Crippen LogP contribution in [-0.2, 0) is 13.0 Å². The Morgan fingerprint density at radius 3 is 2.76 bits per heavy atom. The molecule has 0 radical (unpaired) electrons. The van der Waals surface area contributed by atoms with E-state index in [2.05, 4.69) is 33.9 Å². The number of hydrogen-bond acceptors (Lipinski definition) is 4. The zero-order chi connectivity index (χ0) is 14.8. The zero-order valence-corrected chi connectivity index (χ0v) is 12.9. The van der Waals surface area contributed by atoms with Gasteiger partial charge >= 0.3 is 0 Å². The Labute approximate surface area is 127 Å². The predicted molar refractivity (Wildman–Crippen MR) is 85.6 cm³/mol. The highest BCUT2D eigenvalue weighted by Crippen LogP contribution is 2.21. The van der Waals surface area contributed by atoms with Gasteiger partial charge in [0.25, 0.3) is 0 Å². The number of hydrogen-bond donors (Lipinski definition) is 1. The van der Waals surface area contributed by atoms with E-state index in [1.54, 1.807) is 11.3 Å². The Hall–Kier alpha value is -2.32. The van der Waals surface area contributed by atoms with Crippen molar-refractivity contribution in [3.8, 4) is 6.07 Å². The van der Waals surface area contributed by atoms with E-state index in [-0.39, 0.29) is 0 Å². The molecule has 0 aliphatic heterocycles. The van der Waals surface area contributed by atoms with Crippen LogP contribution in [-0.4, -0.2) is 9.38 Å². The van der Waals surface area contributed by atoms with Crippen LogP contribution in [0.4, 0.5) is 5.69 Å². The van der Waals surface area contributed by atoms with Crippen LogP contribution in [0.2, 0.25) is 0 Å². The number of thiazole rings is 1. The van der Waals surface area contributed by atoms with Gasteiger partial charge in [-0.05, 0) is 31.5 Å². The normalized spacial score (nSPS) is 10.7. The topological polar surface area (TPSA) is 53.1 Å². The molecule has 1 N–H and O–H groups in total. The van der Waals surface area contributed by atoms with E-state index in [0.717, 1.165) is 28.5 Å². The molecule has 1 aromatic carbocycles. The lowest BCUT2D eigenvalue weighted by Crippen LogP contribution is -2.03. The summed E-state index contributed by atoms with van der Waals surface area (Å²) in [7, 11) is 0. The van der Waals surface area contributed by atoms with E-state index < -0.39 is 0 Å². The van der Waals surface area contributed by atoms with Crippen LogP contribution in [0.5, 0.6) is 0 Å². The van der Waals surface area contributed by atoms with Gasteiger partial charge in [0, 0.05) is 16.8 Å². The second-order valence-corrected chi connectivity index (χ2v) is 6.24. The molecule has 2 heterocycles. The molecule has 0 saturated heterocycles. The monoisotopic (exact) mass is 296 g/mol. The van der Waals surface area contributed by atoms with Gasteiger partial charge in [0.05, 0.1) is 30.4 Å². The van der Waals surface area contributed by atoms with Crippen LogP contribution >= 0.6 is 11.3 Å². The van der Waals surface area contributed by atoms with Crippen LogP contribution in [0, 0.1) is 25.2 Å². The van der Waals surface area contributed by atoms with Crippen molar-refractivity contribution in [1.29, 1.82) is 5.26 Å². The lowest BCUT2D eigenvalue weighted by molar-refractivity contribution is 0.991. The molecule has 0 fully saturated rings. The Kier molecular flexibility index (Phi) is 3.63. The molecule has 0 atom stereocenters. The minimum absolute atomic E-state index is 0.455. The quantitative estimate of drug-likeness (QED) is 0.799. The van der Waals surface area contributed by atoms with E-state index in [9.17, 15) is 0 Å². The first-order valence-electron chi connectivity index (χ1n) is 6.81. The highest BCUT2D eigenvalue weighted by molar-refractivity contribution is 7.17. The van der Waals surface area contributed by atoms with E-state index in [1.807, 2.05) is 31.2 Å². The number of benzene rings is 1. The number of nitriles is 1. The Morgan fingerprint density at radius 1 is 1.29 bits per heavy atom. The average molecular weight is 296 g/mol. The number of rotatable bonds is 4. The lowest BCUT2D eigenvalue weighted by atomic mass is 10.1. The number of fused-ring (bicyclic) bond motifs is 1. The molecule has 0 saturated carbocycles. The van der Waals surface area contributed by atoms with Crippen LogP contribution < -0.4 is 5.32 Å². The Balaban J connectivity index is 1.76. The van der Waals surface area contributed by atoms with Gasteiger partial charge in [-0.1, -0.05) is 12.1 Å². The van der Waals surface area contributed by atoms with Crippen molar-refractivity contribution in [2.24, 2.45) is 0 Å². The molecule has 0 bridgehead atoms. The van der Waals surface area contributed by atoms with Crippen LogP contribution in [0.1, 0.15) is 21.8 Å². The van der Waals surface area contributed by atoms with Gasteiger partial charge < -0.3 is 5.32 Å². The first kappa shape index (κ1) is 13.7. The summed E-state index contributed by atoms with van der Waals surface area (Å²) in [6.07, 6.45) is 2.59. The summed E-state index contributed by atoms with van der Waals surface area (Å²) in [5.74, 6) is 0. The van der Waals surface area contributed by atoms with E-state index >= 15 is 0 Å². The first-order valence-corrected chi connectivity index (χ1v) is 7.63. The third kappa shape index (κ3) is 2.76. The smallest absolute Gasteiger partial charge is 0.194 e. The van der Waals surface area contributed by atoms with Gasteiger partial charge in [0.2, 0.25) is 0 Å². The second-order valence-electron chi connectivity index (χ2n) is 5.02. The van der Waals surface area contributed by atoms with Crippen LogP contribution in [0.3, 0.4) is 0 Å². The van der Waals surface area contributed by atoms with E-state index in [4.69, 9.17) is 5.26 Å². The standard InChI is InChI=1S/C16H16N4S/c1-11-10-20-15(12(2)19-16(20)21-11)9-18-14-5-3-13(4-6-14)7-8-17/h3-6,10,18H,7,9H2,1-2H3. The minimum atomic E-state index is 0.455. The van der Waals surface area contributed by atoms with Crippen LogP contribution in [0.25, 0.3) is 4.96 Å². The molecule has 21 heavy (non-hydrogen) atoms. The number of aryl methyl sites for hydroxylation is 2. The van der Waals surface area contributed by atoms with Gasteiger partial charge in [-0.2, -0.15) is 5.26 Å². The third-order valence-corrected chi connectivity index (χ3v) is 4.34. The molecule has 3 rings (SSSR count). The van der Waals surface area contributed by atoms with E-state index in [1.165, 1.54) is 10.6 Å². The minimum Gasteiger partial charge on any atom is -0.379 e. The van der Waals surface area contributed by atoms with Crippen molar-refractivity contribution < 1.29 is 0 Å². The van der Waals surface area contributed by atoms with Crippen LogP contribution in [0.15, 0.2) is 30.5 Å². The highest BCUT2D eigenvalue weighted by atomic mass is 32.1. The van der Waals surface area contributed by atoms with E-state index in [0.29, 0.717) is 6.42 Å². The van der Waals surface area contributed by atoms with Gasteiger partial charge in [0.1, 0.15) is 0 Å². The molecular formula is C16H16N4S. The van der Waals surface area contributed by atoms with Crippen molar-refractivity contribution in [2.45, 2.75) is 26.8 Å². The maximum atomic E-state index is 8.68. The summed E-state index contributed by atoms with van der Waals surface area (Å²) in [6, 6.07) is 10.2. The molecule has 3 aromatic rings. The number of aromatic nitrogens is 2. The van der Waals surface area contributed by atoms with Gasteiger partial charge in [-0.25, -0.2) is 4.98 Å². The third-order valence-electron chi connectivity index (χ3n) is 3.44. The maximum absolute atomic E-state index is 8.68. The van der Waals surface area contributed by atoms with Gasteiger partial charge in [-0.3, -0.25) is 4.40 Å². The molecule has 4 nitrogen and oxygen atoms in total. The summed E-state index contributed by atoms with van der Waals surface area (Å²) in [5, 5.41) is 12.1. The zero-order valence-electron chi connectivity index (χ0n) is 12.1. The average Bonchev–Trinajstić information content (AvgIpc) is 2.94. The van der Waals surface area contributed by atoms with Crippen molar-refractivity contribution in [3.05, 3.63) is 52.3 Å². The molecule has 2 aromatic heterocycles. The fraction of sp³-hybridized carbons (Fsp3) is 0.250. The molecule has 0 amide bonds. The highest BCUT2D eigenvalue weighted by Gasteiger charge is 2.10. The fourth-order valence-corrected chi connectivity index (χ4v) is 3.23. The fourth-order valence-electron chi connectivity index (χ4n) is 2.34. The lowest BCUT2D eigenvalue weighted by Gasteiger charge is -2.07. The first-order chi connectivity index (χ1) is 10.2. The number of nitrogens with one attached hydrogen (secondary N) is 1. The molecule has 5 heteroatoms. The SMILES string of the molecule is Cc1cn2c(CNc3ccc(CC#N)cc3)c(C)nc2s1.